The molecule has 0 N–H and O–H groups in total. The lowest BCUT2D eigenvalue weighted by Gasteiger charge is -1.95. The predicted octanol–water partition coefficient (Wildman–Crippen LogP) is 0.962. The molecule has 0 aliphatic carbocycles. The summed E-state index contributed by atoms with van der Waals surface area (Å²) >= 11 is 0. The lowest BCUT2D eigenvalue weighted by molar-refractivity contribution is -0.682. The lowest BCUT2D eigenvalue weighted by Crippen LogP contribution is -2.37. The van der Waals surface area contributed by atoms with E-state index in [9.17, 15) is 13.9 Å². The van der Waals surface area contributed by atoms with Crippen molar-refractivity contribution < 1.29 is 23.1 Å². The number of nitrogens with zero attached hydrogens (tertiary/aromatic N) is 2. The molecule has 0 spiro atoms. The van der Waals surface area contributed by atoms with E-state index in [4.69, 9.17) is 0 Å². The van der Waals surface area contributed by atoms with Gasteiger partial charge in [0.1, 0.15) is 0 Å². The van der Waals surface area contributed by atoms with E-state index in [1.165, 1.54) is 0 Å². The molecule has 2 rings (SSSR count). The molecule has 1 aromatic carbocycles. The van der Waals surface area contributed by atoms with Gasteiger partial charge in [0.15, 0.2) is 5.95 Å². The molecule has 78 valence electrons. The van der Waals surface area contributed by atoms with Crippen LogP contribution < -0.4 is 9.79 Å². The fraction of sp³-hybridized carbons (Fsp3) is 0.111. The maximum Gasteiger partial charge on any atom is 0.325 e. The average molecular weight is 212 g/mol. The van der Waals surface area contributed by atoms with Gasteiger partial charge >= 0.3 is 12.1 Å². The van der Waals surface area contributed by atoms with Crippen molar-refractivity contribution in [3.63, 3.8) is 0 Å². The van der Waals surface area contributed by atoms with Gasteiger partial charge in [-0.2, -0.15) is 8.78 Å². The first kappa shape index (κ1) is 9.57. The number of aromatic nitrogens is 2. The second-order valence-corrected chi connectivity index (χ2v) is 2.79. The van der Waals surface area contributed by atoms with E-state index in [1.54, 1.807) is 30.3 Å². The van der Waals surface area contributed by atoms with Crippen molar-refractivity contribution in [3.8, 4) is 11.6 Å². The molecule has 4 nitrogen and oxygen atoms in total. The van der Waals surface area contributed by atoms with Gasteiger partial charge in [-0.3, -0.25) is 0 Å². The molecule has 6 heteroatoms. The highest BCUT2D eigenvalue weighted by Crippen LogP contribution is 2.22. The Balaban J connectivity index is 2.54. The maximum atomic E-state index is 12.5. The van der Waals surface area contributed by atoms with E-state index in [0.29, 0.717) is 5.69 Å². The van der Waals surface area contributed by atoms with E-state index in [1.807, 2.05) is 0 Å². The Morgan fingerprint density at radius 3 is 2.53 bits per heavy atom. The number of halogens is 2. The topological polar surface area (TPSA) is 53.0 Å². The highest BCUT2D eigenvalue weighted by Gasteiger charge is 2.28. The molecular weight excluding hydrogens is 206 g/mol. The van der Waals surface area contributed by atoms with Crippen molar-refractivity contribution in [2.75, 3.05) is 0 Å². The zero-order valence-corrected chi connectivity index (χ0v) is 7.43. The largest absolute Gasteiger partial charge is 0.539 e. The zero-order valence-electron chi connectivity index (χ0n) is 7.43. The summed E-state index contributed by atoms with van der Waals surface area (Å²) < 4.78 is 30.0. The summed E-state index contributed by atoms with van der Waals surface area (Å²) in [5.41, 5.74) is -0.403. The Morgan fingerprint density at radius 1 is 1.27 bits per heavy atom. The lowest BCUT2D eigenvalue weighted by atomic mass is 10.3. The van der Waals surface area contributed by atoms with Crippen LogP contribution in [-0.4, -0.2) is 5.27 Å². The third-order valence-corrected chi connectivity index (χ3v) is 1.85. The molecule has 0 unspecified atom stereocenters. The molecule has 15 heavy (non-hydrogen) atoms. The minimum absolute atomic E-state index is 0.360. The summed E-state index contributed by atoms with van der Waals surface area (Å²) in [5, 5.41) is 14.2. The van der Waals surface area contributed by atoms with Crippen molar-refractivity contribution in [1.29, 1.82) is 0 Å². The summed E-state index contributed by atoms with van der Waals surface area (Å²) in [5.74, 6) is -1.12. The van der Waals surface area contributed by atoms with Gasteiger partial charge in [0.25, 0.3) is 0 Å². The van der Waals surface area contributed by atoms with E-state index in [-0.39, 0.29) is 0 Å². The van der Waals surface area contributed by atoms with Crippen LogP contribution in [0, 0.1) is 0 Å². The summed E-state index contributed by atoms with van der Waals surface area (Å²) in [7, 11) is 0. The summed E-state index contributed by atoms with van der Waals surface area (Å²) in [6.45, 7) is 0. The molecule has 0 atom stereocenters. The molecular formula is C9H6F2N2O2. The smallest absolute Gasteiger partial charge is 0.325 e. The van der Waals surface area contributed by atoms with Crippen LogP contribution in [0.5, 0.6) is 5.95 Å². The number of rotatable bonds is 2. The van der Waals surface area contributed by atoms with Crippen LogP contribution in [0.15, 0.2) is 34.9 Å². The first-order valence-corrected chi connectivity index (χ1v) is 4.12. The first-order valence-electron chi connectivity index (χ1n) is 4.12. The normalized spacial score (nSPS) is 10.9. The van der Waals surface area contributed by atoms with Gasteiger partial charge in [0.05, 0.1) is 5.27 Å². The van der Waals surface area contributed by atoms with Crippen LogP contribution in [0.3, 0.4) is 0 Å². The van der Waals surface area contributed by atoms with E-state index in [2.05, 4.69) is 9.79 Å². The van der Waals surface area contributed by atoms with Crippen molar-refractivity contribution in [3.05, 3.63) is 36.0 Å². The van der Waals surface area contributed by atoms with Crippen molar-refractivity contribution in [2.24, 2.45) is 0 Å². The first-order chi connectivity index (χ1) is 7.20. The van der Waals surface area contributed by atoms with Crippen LogP contribution >= 0.6 is 0 Å². The Kier molecular flexibility index (Phi) is 2.32. The van der Waals surface area contributed by atoms with Gasteiger partial charge in [0.2, 0.25) is 5.69 Å². The molecule has 0 saturated heterocycles. The quantitative estimate of drug-likeness (QED) is 0.697. The maximum absolute atomic E-state index is 12.5. The summed E-state index contributed by atoms with van der Waals surface area (Å²) in [4.78, 5) is 0. The fourth-order valence-electron chi connectivity index (χ4n) is 1.19. The van der Waals surface area contributed by atoms with Crippen molar-refractivity contribution in [2.45, 2.75) is 6.43 Å². The Morgan fingerprint density at radius 2 is 1.93 bits per heavy atom. The Bertz CT molecular complexity index is 456. The Labute approximate surface area is 83.3 Å². The standard InChI is InChI=1S/C9H6F2N2O2/c10-8(11)7-9(14)15-12-13(7)6-4-2-1-3-5-6/h1-5,8H. The fourth-order valence-corrected chi connectivity index (χ4v) is 1.19. The molecule has 0 fully saturated rings. The van der Waals surface area contributed by atoms with E-state index < -0.39 is 18.1 Å². The van der Waals surface area contributed by atoms with Gasteiger partial charge in [0, 0.05) is 12.1 Å². The van der Waals surface area contributed by atoms with Crippen LogP contribution in [-0.2, 0) is 0 Å². The second kappa shape index (κ2) is 3.64. The van der Waals surface area contributed by atoms with Crippen LogP contribution in [0.4, 0.5) is 8.78 Å². The molecule has 0 amide bonds. The van der Waals surface area contributed by atoms with Crippen molar-refractivity contribution in [1.82, 2.24) is 5.27 Å². The van der Waals surface area contributed by atoms with Crippen molar-refractivity contribution >= 4 is 0 Å². The van der Waals surface area contributed by atoms with Crippen LogP contribution in [0.2, 0.25) is 0 Å². The number of hydrogen-bond acceptors (Lipinski definition) is 3. The molecule has 0 aliphatic rings. The monoisotopic (exact) mass is 212 g/mol. The number of hydrogen-bond donors (Lipinski definition) is 0. The molecule has 0 bridgehead atoms. The summed E-state index contributed by atoms with van der Waals surface area (Å²) in [6.07, 6.45) is -2.91. The van der Waals surface area contributed by atoms with E-state index >= 15 is 0 Å². The molecule has 1 heterocycles. The van der Waals surface area contributed by atoms with Gasteiger partial charge in [-0.25, -0.2) is 0 Å². The van der Waals surface area contributed by atoms with Gasteiger partial charge < -0.3 is 9.63 Å². The second-order valence-electron chi connectivity index (χ2n) is 2.79. The average Bonchev–Trinajstić information content (AvgIpc) is 2.61. The highest BCUT2D eigenvalue weighted by atomic mass is 19.3. The van der Waals surface area contributed by atoms with E-state index in [0.717, 1.165) is 4.68 Å². The van der Waals surface area contributed by atoms with Crippen LogP contribution in [0.25, 0.3) is 5.69 Å². The van der Waals surface area contributed by atoms with Crippen LogP contribution in [0.1, 0.15) is 12.1 Å². The molecule has 0 aliphatic heterocycles. The number of benzene rings is 1. The zero-order chi connectivity index (χ0) is 10.8. The minimum atomic E-state index is -2.91. The predicted molar refractivity (Wildman–Crippen MR) is 42.4 cm³/mol. The van der Waals surface area contributed by atoms with Gasteiger partial charge in [-0.05, 0) is 4.68 Å². The molecule has 0 saturated carbocycles. The number of para-hydroxylation sites is 1. The third-order valence-electron chi connectivity index (χ3n) is 1.85. The third kappa shape index (κ3) is 1.65. The van der Waals surface area contributed by atoms with Gasteiger partial charge in [-0.1, -0.05) is 18.2 Å². The molecule has 0 radical (unpaired) electrons. The molecule has 1 aromatic heterocycles. The highest BCUT2D eigenvalue weighted by molar-refractivity contribution is 5.22. The molecule has 2 aromatic rings. The minimum Gasteiger partial charge on any atom is -0.539 e. The Hall–Kier alpha value is -1.98. The van der Waals surface area contributed by atoms with Gasteiger partial charge in [-0.15, -0.1) is 0 Å². The summed E-state index contributed by atoms with van der Waals surface area (Å²) in [6, 6.07) is 8.12. The SMILES string of the molecule is [O-]c1on[n+](-c2ccccc2)c1C(F)F. The number of alkyl halides is 2.